The molecule has 0 bridgehead atoms. The SMILES string of the molecule is C=CC(=O)c1nnn(C)n1. The Morgan fingerprint density at radius 3 is 2.90 bits per heavy atom. The normalized spacial score (nSPS) is 9.30. The standard InChI is InChI=1S/C5H6N4O/c1-3-4(10)5-6-8-9(2)7-5/h3H,1H2,2H3. The van der Waals surface area contributed by atoms with E-state index in [4.69, 9.17) is 0 Å². The summed E-state index contributed by atoms with van der Waals surface area (Å²) in [6, 6.07) is 0. The van der Waals surface area contributed by atoms with E-state index in [1.165, 1.54) is 4.80 Å². The van der Waals surface area contributed by atoms with Gasteiger partial charge < -0.3 is 0 Å². The van der Waals surface area contributed by atoms with Gasteiger partial charge in [-0.15, -0.1) is 10.2 Å². The van der Waals surface area contributed by atoms with Crippen LogP contribution in [0.25, 0.3) is 0 Å². The molecule has 0 spiro atoms. The van der Waals surface area contributed by atoms with Crippen LogP contribution in [0.5, 0.6) is 0 Å². The van der Waals surface area contributed by atoms with Gasteiger partial charge in [0.15, 0.2) is 0 Å². The molecule has 0 radical (unpaired) electrons. The Hall–Kier alpha value is -1.52. The number of hydrogen-bond acceptors (Lipinski definition) is 4. The first kappa shape index (κ1) is 6.60. The van der Waals surface area contributed by atoms with Gasteiger partial charge in [-0.05, 0) is 11.3 Å². The van der Waals surface area contributed by atoms with Crippen molar-refractivity contribution < 1.29 is 4.79 Å². The number of allylic oxidation sites excluding steroid dienone is 1. The van der Waals surface area contributed by atoms with Crippen LogP contribution in [-0.2, 0) is 7.05 Å². The highest BCUT2D eigenvalue weighted by Gasteiger charge is 2.05. The number of nitrogens with zero attached hydrogens (tertiary/aromatic N) is 4. The first-order valence-corrected chi connectivity index (χ1v) is 2.65. The highest BCUT2D eigenvalue weighted by Crippen LogP contribution is 1.86. The smallest absolute Gasteiger partial charge is 0.244 e. The van der Waals surface area contributed by atoms with Gasteiger partial charge in [0.2, 0.25) is 11.6 Å². The number of rotatable bonds is 2. The van der Waals surface area contributed by atoms with Crippen LogP contribution in [0.2, 0.25) is 0 Å². The van der Waals surface area contributed by atoms with E-state index in [2.05, 4.69) is 22.0 Å². The first-order valence-electron chi connectivity index (χ1n) is 2.65. The Bertz CT molecular complexity index is 264. The molecule has 1 aromatic rings. The second-order valence-electron chi connectivity index (χ2n) is 1.67. The van der Waals surface area contributed by atoms with Gasteiger partial charge in [0, 0.05) is 0 Å². The van der Waals surface area contributed by atoms with Gasteiger partial charge >= 0.3 is 0 Å². The number of ketones is 1. The predicted octanol–water partition coefficient (Wildman–Crippen LogP) is -0.421. The molecule has 0 aromatic carbocycles. The van der Waals surface area contributed by atoms with Gasteiger partial charge in [0.1, 0.15) is 0 Å². The molecule has 0 amide bonds. The van der Waals surface area contributed by atoms with Gasteiger partial charge in [-0.25, -0.2) is 0 Å². The van der Waals surface area contributed by atoms with E-state index in [-0.39, 0.29) is 11.6 Å². The average Bonchev–Trinajstić information content (AvgIpc) is 2.34. The van der Waals surface area contributed by atoms with Crippen LogP contribution in [0.3, 0.4) is 0 Å². The molecular weight excluding hydrogens is 132 g/mol. The minimum absolute atomic E-state index is 0.0810. The zero-order chi connectivity index (χ0) is 7.56. The van der Waals surface area contributed by atoms with Gasteiger partial charge in [-0.2, -0.15) is 4.80 Å². The van der Waals surface area contributed by atoms with Crippen molar-refractivity contribution >= 4 is 5.78 Å². The second kappa shape index (κ2) is 2.38. The fraction of sp³-hybridized carbons (Fsp3) is 0.200. The summed E-state index contributed by atoms with van der Waals surface area (Å²) in [5, 5.41) is 10.6. The van der Waals surface area contributed by atoms with E-state index < -0.39 is 0 Å². The van der Waals surface area contributed by atoms with Crippen LogP contribution in [0.15, 0.2) is 12.7 Å². The van der Waals surface area contributed by atoms with E-state index in [0.29, 0.717) is 0 Å². The molecule has 0 saturated carbocycles. The molecular formula is C5H6N4O. The van der Waals surface area contributed by atoms with E-state index >= 15 is 0 Å². The van der Waals surface area contributed by atoms with Gasteiger partial charge in [0.05, 0.1) is 7.05 Å². The molecule has 52 valence electrons. The summed E-state index contributed by atoms with van der Waals surface area (Å²) < 4.78 is 0. The van der Waals surface area contributed by atoms with Crippen molar-refractivity contribution in [1.29, 1.82) is 0 Å². The largest absolute Gasteiger partial charge is 0.286 e. The molecule has 0 unspecified atom stereocenters. The topological polar surface area (TPSA) is 60.7 Å². The lowest BCUT2D eigenvalue weighted by molar-refractivity contribution is 0.103. The van der Waals surface area contributed by atoms with Crippen LogP contribution in [0.1, 0.15) is 10.6 Å². The molecule has 0 atom stereocenters. The van der Waals surface area contributed by atoms with Crippen molar-refractivity contribution in [3.8, 4) is 0 Å². The minimum Gasteiger partial charge on any atom is -0.286 e. The molecule has 0 aliphatic rings. The highest BCUT2D eigenvalue weighted by molar-refractivity contribution is 6.00. The lowest BCUT2D eigenvalue weighted by Gasteiger charge is -1.79. The second-order valence-corrected chi connectivity index (χ2v) is 1.67. The van der Waals surface area contributed by atoms with E-state index in [1.54, 1.807) is 7.05 Å². The fourth-order valence-electron chi connectivity index (χ4n) is 0.474. The van der Waals surface area contributed by atoms with Crippen molar-refractivity contribution in [1.82, 2.24) is 20.2 Å². The highest BCUT2D eigenvalue weighted by atomic mass is 16.1. The summed E-state index contributed by atoms with van der Waals surface area (Å²) >= 11 is 0. The summed E-state index contributed by atoms with van der Waals surface area (Å²) in [6.45, 7) is 3.28. The Labute approximate surface area is 57.3 Å². The Balaban J connectivity index is 2.95. The lowest BCUT2D eigenvalue weighted by Crippen LogP contribution is -1.98. The maximum absolute atomic E-state index is 10.7. The number of aryl methyl sites for hydroxylation is 1. The van der Waals surface area contributed by atoms with Crippen molar-refractivity contribution in [3.63, 3.8) is 0 Å². The zero-order valence-corrected chi connectivity index (χ0v) is 5.48. The Morgan fingerprint density at radius 1 is 1.80 bits per heavy atom. The summed E-state index contributed by atoms with van der Waals surface area (Å²) in [5.74, 6) is -0.231. The molecule has 1 heterocycles. The molecule has 0 fully saturated rings. The first-order chi connectivity index (χ1) is 4.74. The molecule has 1 rings (SSSR count). The summed E-state index contributed by atoms with van der Waals surface area (Å²) in [4.78, 5) is 11.9. The molecule has 0 saturated heterocycles. The number of hydrogen-bond donors (Lipinski definition) is 0. The number of carbonyl (C=O) groups excluding carboxylic acids is 1. The Morgan fingerprint density at radius 2 is 2.50 bits per heavy atom. The van der Waals surface area contributed by atoms with E-state index in [0.717, 1.165) is 6.08 Å². The third-order valence-corrected chi connectivity index (χ3v) is 0.914. The summed E-state index contributed by atoms with van der Waals surface area (Å²) in [7, 11) is 1.59. The zero-order valence-electron chi connectivity index (χ0n) is 5.48. The predicted molar refractivity (Wildman–Crippen MR) is 33.3 cm³/mol. The molecule has 5 heteroatoms. The third-order valence-electron chi connectivity index (χ3n) is 0.914. The number of aromatic nitrogens is 4. The third kappa shape index (κ3) is 1.07. The van der Waals surface area contributed by atoms with Crippen LogP contribution in [-0.4, -0.2) is 26.0 Å². The molecule has 0 N–H and O–H groups in total. The van der Waals surface area contributed by atoms with Crippen LogP contribution < -0.4 is 0 Å². The quantitative estimate of drug-likeness (QED) is 0.411. The van der Waals surface area contributed by atoms with E-state index in [9.17, 15) is 4.79 Å². The van der Waals surface area contributed by atoms with Crippen LogP contribution in [0, 0.1) is 0 Å². The maximum atomic E-state index is 10.7. The fourth-order valence-corrected chi connectivity index (χ4v) is 0.474. The molecule has 5 nitrogen and oxygen atoms in total. The molecule has 0 aliphatic carbocycles. The van der Waals surface area contributed by atoms with Crippen molar-refractivity contribution in [2.45, 2.75) is 0 Å². The van der Waals surface area contributed by atoms with Gasteiger partial charge in [-0.1, -0.05) is 6.58 Å². The number of carbonyl (C=O) groups is 1. The minimum atomic E-state index is -0.312. The van der Waals surface area contributed by atoms with E-state index in [1.807, 2.05) is 0 Å². The Kier molecular flexibility index (Phi) is 1.57. The lowest BCUT2D eigenvalue weighted by atomic mass is 10.4. The summed E-state index contributed by atoms with van der Waals surface area (Å²) in [5.41, 5.74) is 0. The average molecular weight is 138 g/mol. The van der Waals surface area contributed by atoms with Crippen LogP contribution in [0.4, 0.5) is 0 Å². The van der Waals surface area contributed by atoms with Crippen LogP contribution >= 0.6 is 0 Å². The van der Waals surface area contributed by atoms with Crippen molar-refractivity contribution in [3.05, 3.63) is 18.5 Å². The monoisotopic (exact) mass is 138 g/mol. The maximum Gasteiger partial charge on any atom is 0.244 e. The van der Waals surface area contributed by atoms with Gasteiger partial charge in [-0.3, -0.25) is 4.79 Å². The van der Waals surface area contributed by atoms with Crippen molar-refractivity contribution in [2.75, 3.05) is 0 Å². The van der Waals surface area contributed by atoms with Gasteiger partial charge in [0.25, 0.3) is 0 Å². The number of tetrazole rings is 1. The molecule has 0 aliphatic heterocycles. The summed E-state index contributed by atoms with van der Waals surface area (Å²) in [6.07, 6.45) is 1.15. The molecule has 10 heavy (non-hydrogen) atoms. The van der Waals surface area contributed by atoms with Crippen molar-refractivity contribution in [2.24, 2.45) is 7.05 Å². The molecule has 1 aromatic heterocycles.